The lowest BCUT2D eigenvalue weighted by atomic mass is 10.1. The summed E-state index contributed by atoms with van der Waals surface area (Å²) in [6.45, 7) is 3.50. The van der Waals surface area contributed by atoms with Gasteiger partial charge in [-0.15, -0.1) is 0 Å². The smallest absolute Gasteiger partial charge is 0.417 e. The number of nitrogens with one attached hydrogen (secondary N) is 1. The fourth-order valence-corrected chi connectivity index (χ4v) is 2.81. The molecule has 0 aliphatic rings. The molecule has 0 atom stereocenters. The summed E-state index contributed by atoms with van der Waals surface area (Å²) in [5.41, 5.74) is 3.54. The zero-order valence-corrected chi connectivity index (χ0v) is 17.9. The van der Waals surface area contributed by atoms with Crippen LogP contribution in [0.4, 0.5) is 23.2 Å². The number of hydrogen-bond acceptors (Lipinski definition) is 5. The summed E-state index contributed by atoms with van der Waals surface area (Å²) in [6.07, 6.45) is -4.55. The van der Waals surface area contributed by atoms with Gasteiger partial charge in [0.25, 0.3) is 5.91 Å². The maximum Gasteiger partial charge on any atom is 0.417 e. The van der Waals surface area contributed by atoms with Crippen LogP contribution in [-0.2, 0) is 6.18 Å². The van der Waals surface area contributed by atoms with Gasteiger partial charge >= 0.3 is 6.18 Å². The topological polar surface area (TPSA) is 104 Å². The number of halogens is 4. The number of carbonyl (C=O) groups is 2. The summed E-state index contributed by atoms with van der Waals surface area (Å²) < 4.78 is 64.9. The zero-order chi connectivity index (χ0) is 25.0. The van der Waals surface area contributed by atoms with Gasteiger partial charge in [0.1, 0.15) is 11.3 Å². The lowest BCUT2D eigenvalue weighted by molar-refractivity contribution is -0.137. The molecule has 0 saturated heterocycles. The van der Waals surface area contributed by atoms with Crippen molar-refractivity contribution in [2.45, 2.75) is 26.1 Å². The monoisotopic (exact) mass is 477 g/mol. The van der Waals surface area contributed by atoms with Crippen LogP contribution >= 0.6 is 0 Å². The van der Waals surface area contributed by atoms with Gasteiger partial charge in [-0.1, -0.05) is 6.07 Å². The number of nitrogens with two attached hydrogens (primary N) is 1. The maximum absolute atomic E-state index is 14.5. The standard InChI is InChI=1S/C23H19F4N3O4/c1-12(2)33-16-6-7-19(18(24)10-16)34-22-17(9-14(11-29-22)23(25,26)27)21(32)30-15-5-3-4-13(8-15)20(28)31/h3-12H,1-2H3,(H2,28,31)(H,30,32). The second-order valence-corrected chi connectivity index (χ2v) is 7.33. The Kier molecular flexibility index (Phi) is 7.04. The Morgan fingerprint density at radius 2 is 1.82 bits per heavy atom. The van der Waals surface area contributed by atoms with E-state index in [1.165, 1.54) is 36.4 Å². The summed E-state index contributed by atoms with van der Waals surface area (Å²) in [7, 11) is 0. The maximum atomic E-state index is 14.5. The molecule has 1 aromatic heterocycles. The van der Waals surface area contributed by atoms with Crippen LogP contribution in [0.2, 0.25) is 0 Å². The van der Waals surface area contributed by atoms with Crippen molar-refractivity contribution < 1.29 is 36.6 Å². The van der Waals surface area contributed by atoms with E-state index in [0.29, 0.717) is 12.3 Å². The molecule has 0 aliphatic heterocycles. The lowest BCUT2D eigenvalue weighted by Crippen LogP contribution is -2.17. The molecule has 0 fully saturated rings. The van der Waals surface area contributed by atoms with Gasteiger partial charge in [-0.05, 0) is 50.2 Å². The summed E-state index contributed by atoms with van der Waals surface area (Å²) in [6, 6.07) is 9.63. The third-order valence-corrected chi connectivity index (χ3v) is 4.31. The fraction of sp³-hybridized carbons (Fsp3) is 0.174. The van der Waals surface area contributed by atoms with E-state index in [4.69, 9.17) is 15.2 Å². The quantitative estimate of drug-likeness (QED) is 0.457. The first-order valence-electron chi connectivity index (χ1n) is 9.86. The Morgan fingerprint density at radius 3 is 2.44 bits per heavy atom. The summed E-state index contributed by atoms with van der Waals surface area (Å²) in [5, 5.41) is 2.36. The molecule has 3 rings (SSSR count). The molecule has 3 N–H and O–H groups in total. The Hall–Kier alpha value is -4.15. The van der Waals surface area contributed by atoms with Crippen molar-refractivity contribution in [3.63, 3.8) is 0 Å². The first kappa shape index (κ1) is 24.5. The first-order valence-corrected chi connectivity index (χ1v) is 9.86. The van der Waals surface area contributed by atoms with Gasteiger partial charge in [0.2, 0.25) is 11.8 Å². The van der Waals surface area contributed by atoms with Crippen LogP contribution in [0.1, 0.15) is 40.1 Å². The highest BCUT2D eigenvalue weighted by atomic mass is 19.4. The molecule has 0 aliphatic carbocycles. The number of carbonyl (C=O) groups excluding carboxylic acids is 2. The number of ether oxygens (including phenoxy) is 2. The molecular weight excluding hydrogens is 458 g/mol. The van der Waals surface area contributed by atoms with Crippen molar-refractivity contribution in [1.82, 2.24) is 4.98 Å². The van der Waals surface area contributed by atoms with Gasteiger partial charge in [0.05, 0.1) is 11.7 Å². The molecule has 0 radical (unpaired) electrons. The van der Waals surface area contributed by atoms with Gasteiger partial charge in [-0.3, -0.25) is 9.59 Å². The van der Waals surface area contributed by atoms with E-state index in [1.54, 1.807) is 13.8 Å². The minimum absolute atomic E-state index is 0.0715. The summed E-state index contributed by atoms with van der Waals surface area (Å²) in [5.74, 6) is -3.40. The van der Waals surface area contributed by atoms with Crippen molar-refractivity contribution >= 4 is 17.5 Å². The Morgan fingerprint density at radius 1 is 1.09 bits per heavy atom. The summed E-state index contributed by atoms with van der Waals surface area (Å²) >= 11 is 0. The molecular formula is C23H19F4N3O4. The molecule has 2 amide bonds. The summed E-state index contributed by atoms with van der Waals surface area (Å²) in [4.78, 5) is 27.7. The highest BCUT2D eigenvalue weighted by Gasteiger charge is 2.33. The van der Waals surface area contributed by atoms with Crippen molar-refractivity contribution in [1.29, 1.82) is 0 Å². The second-order valence-electron chi connectivity index (χ2n) is 7.33. The molecule has 34 heavy (non-hydrogen) atoms. The van der Waals surface area contributed by atoms with Crippen LogP contribution in [-0.4, -0.2) is 22.9 Å². The van der Waals surface area contributed by atoms with E-state index in [1.807, 2.05) is 0 Å². The number of primary amides is 1. The molecule has 0 bridgehead atoms. The SMILES string of the molecule is CC(C)Oc1ccc(Oc2ncc(C(F)(F)F)cc2C(=O)Nc2cccc(C(N)=O)c2)c(F)c1. The van der Waals surface area contributed by atoms with Gasteiger partial charge in [-0.25, -0.2) is 9.37 Å². The number of pyridine rings is 1. The lowest BCUT2D eigenvalue weighted by Gasteiger charge is -2.15. The van der Waals surface area contributed by atoms with E-state index in [-0.39, 0.29) is 28.9 Å². The number of anilines is 1. The molecule has 11 heteroatoms. The minimum atomic E-state index is -4.80. The van der Waals surface area contributed by atoms with Gasteiger partial charge in [0, 0.05) is 23.5 Å². The molecule has 0 spiro atoms. The average Bonchev–Trinajstić information content (AvgIpc) is 2.74. The van der Waals surface area contributed by atoms with Crippen molar-refractivity contribution in [2.75, 3.05) is 5.32 Å². The number of hydrogen-bond donors (Lipinski definition) is 2. The fourth-order valence-electron chi connectivity index (χ4n) is 2.81. The Balaban J connectivity index is 1.96. The number of amides is 2. The van der Waals surface area contributed by atoms with E-state index in [9.17, 15) is 27.2 Å². The van der Waals surface area contributed by atoms with Gasteiger partial charge < -0.3 is 20.5 Å². The molecule has 2 aromatic carbocycles. The average molecular weight is 477 g/mol. The third-order valence-electron chi connectivity index (χ3n) is 4.31. The van der Waals surface area contributed by atoms with Crippen molar-refractivity contribution in [3.05, 3.63) is 77.2 Å². The third kappa shape index (κ3) is 6.00. The van der Waals surface area contributed by atoms with Crippen molar-refractivity contribution in [3.8, 4) is 17.4 Å². The van der Waals surface area contributed by atoms with E-state index < -0.39 is 40.8 Å². The van der Waals surface area contributed by atoms with E-state index in [0.717, 1.165) is 6.07 Å². The largest absolute Gasteiger partial charge is 0.491 e. The first-order chi connectivity index (χ1) is 15.9. The molecule has 0 unspecified atom stereocenters. The number of aromatic nitrogens is 1. The highest BCUT2D eigenvalue weighted by molar-refractivity contribution is 6.06. The number of nitrogens with zero attached hydrogens (tertiary/aromatic N) is 1. The molecule has 3 aromatic rings. The number of benzene rings is 2. The normalized spacial score (nSPS) is 11.3. The van der Waals surface area contributed by atoms with Crippen LogP contribution in [0.25, 0.3) is 0 Å². The predicted molar refractivity (Wildman–Crippen MR) is 114 cm³/mol. The number of alkyl halides is 3. The highest BCUT2D eigenvalue weighted by Crippen LogP contribution is 2.34. The van der Waals surface area contributed by atoms with Crippen LogP contribution in [0.15, 0.2) is 54.7 Å². The zero-order valence-electron chi connectivity index (χ0n) is 17.9. The van der Waals surface area contributed by atoms with E-state index in [2.05, 4.69) is 10.3 Å². The Bertz CT molecular complexity index is 1230. The van der Waals surface area contributed by atoms with Gasteiger partial charge in [0.15, 0.2) is 11.6 Å². The Labute approximate surface area is 191 Å². The number of rotatable bonds is 7. The molecule has 178 valence electrons. The van der Waals surface area contributed by atoms with Crippen LogP contribution < -0.4 is 20.5 Å². The molecule has 0 saturated carbocycles. The molecule has 1 heterocycles. The second kappa shape index (κ2) is 9.77. The van der Waals surface area contributed by atoms with Crippen LogP contribution in [0.5, 0.6) is 17.4 Å². The van der Waals surface area contributed by atoms with Crippen LogP contribution in [0, 0.1) is 5.82 Å². The predicted octanol–water partition coefficient (Wildman–Crippen LogP) is 5.17. The van der Waals surface area contributed by atoms with Gasteiger partial charge in [-0.2, -0.15) is 13.2 Å². The van der Waals surface area contributed by atoms with E-state index >= 15 is 0 Å². The van der Waals surface area contributed by atoms with Crippen molar-refractivity contribution in [2.24, 2.45) is 5.73 Å². The van der Waals surface area contributed by atoms with Crippen LogP contribution in [0.3, 0.4) is 0 Å². The molecule has 7 nitrogen and oxygen atoms in total. The minimum Gasteiger partial charge on any atom is -0.491 e.